The first-order valence-electron chi connectivity index (χ1n) is 9.28. The van der Waals surface area contributed by atoms with Gasteiger partial charge in [-0.2, -0.15) is 0 Å². The molecule has 0 rings (SSSR count). The van der Waals surface area contributed by atoms with E-state index >= 15 is 0 Å². The number of nitrogens with one attached hydrogen (secondary N) is 1. The molecular weight excluding hydrogens is 404 g/mol. The average molecular weight is 436 g/mol. The van der Waals surface area contributed by atoms with E-state index in [4.69, 9.17) is 20.4 Å². The fourth-order valence-corrected chi connectivity index (χ4v) is 2.31. The van der Waals surface area contributed by atoms with Gasteiger partial charge >= 0.3 is 23.9 Å². The number of nitrogens with zero attached hydrogens (tertiary/aromatic N) is 3. The summed E-state index contributed by atoms with van der Waals surface area (Å²) in [5.74, 6) is -5.14. The molecular formula is C17H32N4O9. The Kier molecular flexibility index (Phi) is 16.8. The van der Waals surface area contributed by atoms with Gasteiger partial charge in [0.2, 0.25) is 5.91 Å². The van der Waals surface area contributed by atoms with E-state index in [0.29, 0.717) is 0 Å². The second kappa shape index (κ2) is 17.1. The lowest BCUT2D eigenvalue weighted by Gasteiger charge is -2.27. The summed E-state index contributed by atoms with van der Waals surface area (Å²) in [6, 6.07) is 0. The Morgan fingerprint density at radius 1 is 0.567 bits per heavy atom. The minimum absolute atomic E-state index is 0.0136. The first kappa shape index (κ1) is 29.4. The van der Waals surface area contributed by atoms with Crippen LogP contribution in [-0.2, 0) is 24.0 Å². The van der Waals surface area contributed by atoms with Gasteiger partial charge in [0.25, 0.3) is 0 Å². The van der Waals surface area contributed by atoms with Crippen LogP contribution in [0.25, 0.3) is 0 Å². The third-order valence-electron chi connectivity index (χ3n) is 3.55. The third kappa shape index (κ3) is 17.3. The lowest BCUT2D eigenvalue weighted by molar-refractivity contribution is -0.143. The van der Waals surface area contributed by atoms with Gasteiger partial charge in [0.05, 0.1) is 32.7 Å². The van der Waals surface area contributed by atoms with Gasteiger partial charge in [0.1, 0.15) is 0 Å². The highest BCUT2D eigenvalue weighted by Crippen LogP contribution is 1.97. The van der Waals surface area contributed by atoms with Crippen molar-refractivity contribution in [3.05, 3.63) is 0 Å². The zero-order chi connectivity index (χ0) is 23.7. The van der Waals surface area contributed by atoms with E-state index in [-0.39, 0.29) is 32.7 Å². The van der Waals surface area contributed by atoms with Crippen LogP contribution >= 0.6 is 0 Å². The molecule has 1 amide bonds. The predicted octanol–water partition coefficient (Wildman–Crippen LogP) is -2.00. The van der Waals surface area contributed by atoms with Crippen LogP contribution in [0, 0.1) is 0 Å². The quantitative estimate of drug-likeness (QED) is 0.179. The molecule has 0 atom stereocenters. The van der Waals surface area contributed by atoms with Crippen molar-refractivity contribution in [2.45, 2.75) is 13.8 Å². The Morgan fingerprint density at radius 2 is 0.833 bits per heavy atom. The van der Waals surface area contributed by atoms with Crippen molar-refractivity contribution in [3.63, 3.8) is 0 Å². The van der Waals surface area contributed by atoms with Gasteiger partial charge in [-0.15, -0.1) is 0 Å². The van der Waals surface area contributed by atoms with Gasteiger partial charge in [-0.1, -0.05) is 13.8 Å². The Balaban J connectivity index is 0. The molecule has 0 saturated heterocycles. The highest BCUT2D eigenvalue weighted by Gasteiger charge is 2.19. The molecule has 0 aliphatic heterocycles. The maximum absolute atomic E-state index is 11.5. The molecule has 0 heterocycles. The topological polar surface area (TPSA) is 188 Å². The van der Waals surface area contributed by atoms with E-state index in [1.165, 1.54) is 16.8 Å². The fourth-order valence-electron chi connectivity index (χ4n) is 2.31. The number of carbonyl (C=O) groups is 5. The van der Waals surface area contributed by atoms with Crippen LogP contribution in [0.1, 0.15) is 13.8 Å². The summed E-state index contributed by atoms with van der Waals surface area (Å²) in [5, 5.41) is 38.0. The van der Waals surface area contributed by atoms with Crippen molar-refractivity contribution in [1.29, 1.82) is 0 Å². The molecule has 13 nitrogen and oxygen atoms in total. The number of hydrogen-bond acceptors (Lipinski definition) is 8. The molecule has 0 unspecified atom stereocenters. The SMILES string of the molecule is CC.CNC(=O)CN(CCN(CCN(CC(=O)O)CC(=O)O)CC(=O)O)CC(=O)O. The Hall–Kier alpha value is -2.77. The van der Waals surface area contributed by atoms with Crippen LogP contribution in [0.4, 0.5) is 0 Å². The van der Waals surface area contributed by atoms with Crippen LogP contribution < -0.4 is 5.32 Å². The number of carboxylic acid groups (broad SMARTS) is 4. The van der Waals surface area contributed by atoms with Crippen molar-refractivity contribution in [3.8, 4) is 0 Å². The van der Waals surface area contributed by atoms with Crippen LogP contribution in [0.2, 0.25) is 0 Å². The maximum Gasteiger partial charge on any atom is 0.317 e. The van der Waals surface area contributed by atoms with E-state index in [0.717, 1.165) is 4.90 Å². The summed E-state index contributed by atoms with van der Waals surface area (Å²) in [7, 11) is 1.40. The molecule has 13 heteroatoms. The molecule has 5 N–H and O–H groups in total. The largest absolute Gasteiger partial charge is 0.480 e. The molecule has 30 heavy (non-hydrogen) atoms. The number of carboxylic acids is 4. The predicted molar refractivity (Wildman–Crippen MR) is 105 cm³/mol. The number of carbonyl (C=O) groups excluding carboxylic acids is 1. The van der Waals surface area contributed by atoms with Crippen molar-refractivity contribution in [2.24, 2.45) is 0 Å². The second-order valence-corrected chi connectivity index (χ2v) is 5.95. The number of hydrogen-bond donors (Lipinski definition) is 5. The fraction of sp³-hybridized carbons (Fsp3) is 0.706. The molecule has 174 valence electrons. The van der Waals surface area contributed by atoms with E-state index < -0.39 is 56.0 Å². The van der Waals surface area contributed by atoms with Crippen molar-refractivity contribution in [1.82, 2.24) is 20.0 Å². The lowest BCUT2D eigenvalue weighted by Crippen LogP contribution is -2.46. The molecule has 0 aromatic rings. The van der Waals surface area contributed by atoms with Crippen LogP contribution in [0.15, 0.2) is 0 Å². The summed E-state index contributed by atoms with van der Waals surface area (Å²) >= 11 is 0. The van der Waals surface area contributed by atoms with E-state index in [9.17, 15) is 24.0 Å². The monoisotopic (exact) mass is 436 g/mol. The molecule has 0 saturated carbocycles. The molecule has 0 aromatic heterocycles. The summed E-state index contributed by atoms with van der Waals surface area (Å²) in [4.78, 5) is 59.0. The Labute approximate surface area is 174 Å². The standard InChI is InChI=1S/C15H26N4O9.C2H6/c1-16-11(20)6-18(8-13(23)24)4-2-17(7-12(21)22)3-5-19(9-14(25)26)10-15(27)28;1-2/h2-10H2,1H3,(H,16,20)(H,21,22)(H,23,24)(H,25,26)(H,27,28);1-2H3. The minimum Gasteiger partial charge on any atom is -0.480 e. The highest BCUT2D eigenvalue weighted by atomic mass is 16.4. The Bertz CT molecular complexity index is 555. The molecule has 0 spiro atoms. The second-order valence-electron chi connectivity index (χ2n) is 5.95. The molecule has 0 radical (unpaired) electrons. The molecule has 0 aliphatic carbocycles. The summed E-state index contributed by atoms with van der Waals surface area (Å²) in [5.41, 5.74) is 0. The molecule has 0 aliphatic rings. The number of aliphatic carboxylic acids is 4. The van der Waals surface area contributed by atoms with Crippen molar-refractivity contribution >= 4 is 29.8 Å². The summed E-state index contributed by atoms with van der Waals surface area (Å²) < 4.78 is 0. The van der Waals surface area contributed by atoms with Crippen LogP contribution in [0.5, 0.6) is 0 Å². The highest BCUT2D eigenvalue weighted by molar-refractivity contribution is 5.78. The third-order valence-corrected chi connectivity index (χ3v) is 3.55. The lowest BCUT2D eigenvalue weighted by atomic mass is 10.3. The Morgan fingerprint density at radius 3 is 1.13 bits per heavy atom. The van der Waals surface area contributed by atoms with Crippen LogP contribution in [0.3, 0.4) is 0 Å². The first-order valence-corrected chi connectivity index (χ1v) is 9.28. The van der Waals surface area contributed by atoms with E-state index in [2.05, 4.69) is 5.32 Å². The average Bonchev–Trinajstić information content (AvgIpc) is 2.63. The van der Waals surface area contributed by atoms with E-state index in [1.807, 2.05) is 13.8 Å². The zero-order valence-corrected chi connectivity index (χ0v) is 17.5. The zero-order valence-electron chi connectivity index (χ0n) is 17.5. The smallest absolute Gasteiger partial charge is 0.317 e. The van der Waals surface area contributed by atoms with Crippen molar-refractivity contribution < 1.29 is 44.4 Å². The van der Waals surface area contributed by atoms with Gasteiger partial charge in [0.15, 0.2) is 0 Å². The normalized spacial score (nSPS) is 10.5. The summed E-state index contributed by atoms with van der Waals surface area (Å²) in [6.45, 7) is 2.15. The number of rotatable bonds is 16. The van der Waals surface area contributed by atoms with E-state index in [1.54, 1.807) is 0 Å². The summed E-state index contributed by atoms with van der Waals surface area (Å²) in [6.07, 6.45) is 0. The van der Waals surface area contributed by atoms with Crippen LogP contribution in [-0.4, -0.2) is 131 Å². The van der Waals surface area contributed by atoms with Crippen molar-refractivity contribution in [2.75, 3.05) is 66.0 Å². The number of likely N-dealkylation sites (N-methyl/N-ethyl adjacent to an activating group) is 1. The minimum atomic E-state index is -1.22. The maximum atomic E-state index is 11.5. The van der Waals surface area contributed by atoms with Gasteiger partial charge < -0.3 is 25.7 Å². The molecule has 0 bridgehead atoms. The van der Waals surface area contributed by atoms with Gasteiger partial charge in [-0.25, -0.2) is 0 Å². The molecule has 0 aromatic carbocycles. The molecule has 0 fully saturated rings. The van der Waals surface area contributed by atoms with Gasteiger partial charge in [0, 0.05) is 33.2 Å². The number of amides is 1. The first-order chi connectivity index (χ1) is 14.0. The van der Waals surface area contributed by atoms with Gasteiger partial charge in [-0.3, -0.25) is 38.7 Å². The van der Waals surface area contributed by atoms with Gasteiger partial charge in [-0.05, 0) is 0 Å².